The van der Waals surface area contributed by atoms with E-state index in [2.05, 4.69) is 5.32 Å². The second kappa shape index (κ2) is 5.14. The Bertz CT molecular complexity index is 351. The van der Waals surface area contributed by atoms with E-state index in [1.54, 1.807) is 18.7 Å². The Balaban J connectivity index is 2.65. The maximum atomic E-state index is 11.8. The van der Waals surface area contributed by atoms with Gasteiger partial charge in [0.2, 0.25) is 5.91 Å². The highest BCUT2D eigenvalue weighted by molar-refractivity contribution is 7.92. The SMILES string of the molecule is CC1CNCCN1C(=O)CS(=O)(=O)C(C)C. The van der Waals surface area contributed by atoms with Gasteiger partial charge in [-0.3, -0.25) is 4.79 Å². The van der Waals surface area contributed by atoms with Crippen LogP contribution < -0.4 is 5.32 Å². The van der Waals surface area contributed by atoms with E-state index in [9.17, 15) is 13.2 Å². The molecule has 0 bridgehead atoms. The minimum absolute atomic E-state index is 0.0728. The molecule has 1 N–H and O–H groups in total. The van der Waals surface area contributed by atoms with Gasteiger partial charge in [-0.25, -0.2) is 8.42 Å². The Labute approximate surface area is 97.1 Å². The molecule has 0 spiro atoms. The smallest absolute Gasteiger partial charge is 0.238 e. The Morgan fingerprint density at radius 3 is 2.62 bits per heavy atom. The van der Waals surface area contributed by atoms with Crippen molar-refractivity contribution in [2.24, 2.45) is 0 Å². The molecule has 1 saturated heterocycles. The molecule has 1 atom stereocenters. The fourth-order valence-corrected chi connectivity index (χ4v) is 2.48. The molecule has 0 aromatic rings. The number of rotatable bonds is 3. The predicted molar refractivity (Wildman–Crippen MR) is 63.0 cm³/mol. The fourth-order valence-electron chi connectivity index (χ4n) is 1.63. The average Bonchev–Trinajstić information content (AvgIpc) is 2.17. The largest absolute Gasteiger partial charge is 0.337 e. The molecule has 0 saturated carbocycles. The Morgan fingerprint density at radius 1 is 1.50 bits per heavy atom. The highest BCUT2D eigenvalue weighted by atomic mass is 32.2. The Morgan fingerprint density at radius 2 is 2.12 bits per heavy atom. The van der Waals surface area contributed by atoms with E-state index in [0.29, 0.717) is 6.54 Å². The normalized spacial score (nSPS) is 22.5. The number of piperazine rings is 1. The third-order valence-electron chi connectivity index (χ3n) is 2.86. The van der Waals surface area contributed by atoms with Gasteiger partial charge in [-0.1, -0.05) is 0 Å². The molecular weight excluding hydrogens is 228 g/mol. The van der Waals surface area contributed by atoms with Gasteiger partial charge in [0.1, 0.15) is 5.75 Å². The number of hydrogen-bond acceptors (Lipinski definition) is 4. The summed E-state index contributed by atoms with van der Waals surface area (Å²) in [5, 5.41) is 2.67. The van der Waals surface area contributed by atoms with Crippen molar-refractivity contribution >= 4 is 15.7 Å². The van der Waals surface area contributed by atoms with Gasteiger partial charge in [-0.05, 0) is 20.8 Å². The molecule has 1 rings (SSSR count). The molecule has 0 aliphatic carbocycles. The van der Waals surface area contributed by atoms with Crippen LogP contribution in [0.1, 0.15) is 20.8 Å². The molecule has 1 heterocycles. The van der Waals surface area contributed by atoms with Gasteiger partial charge in [0.05, 0.1) is 5.25 Å². The molecule has 16 heavy (non-hydrogen) atoms. The van der Waals surface area contributed by atoms with Gasteiger partial charge in [0.25, 0.3) is 0 Å². The van der Waals surface area contributed by atoms with Gasteiger partial charge in [-0.2, -0.15) is 0 Å². The number of sulfone groups is 1. The van der Waals surface area contributed by atoms with Crippen molar-refractivity contribution in [1.29, 1.82) is 0 Å². The van der Waals surface area contributed by atoms with Crippen LogP contribution in [-0.2, 0) is 14.6 Å². The second-order valence-electron chi connectivity index (χ2n) is 4.50. The molecule has 1 aliphatic heterocycles. The maximum absolute atomic E-state index is 11.8. The molecule has 1 amide bonds. The van der Waals surface area contributed by atoms with Crippen LogP contribution in [0.4, 0.5) is 0 Å². The van der Waals surface area contributed by atoms with E-state index < -0.39 is 15.1 Å². The zero-order valence-corrected chi connectivity index (χ0v) is 10.9. The minimum atomic E-state index is -3.28. The summed E-state index contributed by atoms with van der Waals surface area (Å²) in [5.41, 5.74) is 0. The van der Waals surface area contributed by atoms with E-state index in [-0.39, 0.29) is 17.7 Å². The molecule has 1 unspecified atom stereocenters. The molecule has 6 heteroatoms. The lowest BCUT2D eigenvalue weighted by molar-refractivity contribution is -0.131. The summed E-state index contributed by atoms with van der Waals surface area (Å²) in [6, 6.07) is 0.0728. The minimum Gasteiger partial charge on any atom is -0.337 e. The van der Waals surface area contributed by atoms with Crippen LogP contribution in [0, 0.1) is 0 Å². The molecule has 0 radical (unpaired) electrons. The summed E-state index contributed by atoms with van der Waals surface area (Å²) in [7, 11) is -3.28. The van der Waals surface area contributed by atoms with Crippen molar-refractivity contribution < 1.29 is 13.2 Å². The van der Waals surface area contributed by atoms with Crippen molar-refractivity contribution in [1.82, 2.24) is 10.2 Å². The van der Waals surface area contributed by atoms with Crippen molar-refractivity contribution in [3.8, 4) is 0 Å². The first-order chi connectivity index (χ1) is 7.34. The summed E-state index contributed by atoms with van der Waals surface area (Å²) in [6.07, 6.45) is 0. The fraction of sp³-hybridized carbons (Fsp3) is 0.900. The molecule has 5 nitrogen and oxygen atoms in total. The number of amides is 1. The topological polar surface area (TPSA) is 66.5 Å². The summed E-state index contributed by atoms with van der Waals surface area (Å²) >= 11 is 0. The maximum Gasteiger partial charge on any atom is 0.238 e. The second-order valence-corrected chi connectivity index (χ2v) is 7.05. The van der Waals surface area contributed by atoms with Crippen LogP contribution in [0.2, 0.25) is 0 Å². The summed E-state index contributed by atoms with van der Waals surface area (Å²) in [6.45, 7) is 7.18. The van der Waals surface area contributed by atoms with E-state index in [1.807, 2.05) is 6.92 Å². The van der Waals surface area contributed by atoms with Crippen LogP contribution in [0.25, 0.3) is 0 Å². The van der Waals surface area contributed by atoms with Gasteiger partial charge < -0.3 is 10.2 Å². The van der Waals surface area contributed by atoms with Crippen LogP contribution >= 0.6 is 0 Å². The molecule has 0 aromatic carbocycles. The van der Waals surface area contributed by atoms with Crippen LogP contribution in [0.3, 0.4) is 0 Å². The lowest BCUT2D eigenvalue weighted by Gasteiger charge is -2.34. The first-order valence-electron chi connectivity index (χ1n) is 5.56. The first-order valence-corrected chi connectivity index (χ1v) is 7.28. The lowest BCUT2D eigenvalue weighted by atomic mass is 10.2. The van der Waals surface area contributed by atoms with Gasteiger partial charge >= 0.3 is 0 Å². The third kappa shape index (κ3) is 3.18. The number of nitrogens with zero attached hydrogens (tertiary/aromatic N) is 1. The lowest BCUT2D eigenvalue weighted by Crippen LogP contribution is -2.53. The molecule has 0 aromatic heterocycles. The molecular formula is C10H20N2O3S. The molecule has 94 valence electrons. The van der Waals surface area contributed by atoms with E-state index in [1.165, 1.54) is 0 Å². The van der Waals surface area contributed by atoms with Crippen LogP contribution in [0.15, 0.2) is 0 Å². The summed E-state index contributed by atoms with van der Waals surface area (Å²) < 4.78 is 23.3. The highest BCUT2D eigenvalue weighted by Gasteiger charge is 2.28. The van der Waals surface area contributed by atoms with E-state index >= 15 is 0 Å². The van der Waals surface area contributed by atoms with Gasteiger partial charge in [0, 0.05) is 25.7 Å². The zero-order chi connectivity index (χ0) is 12.3. The average molecular weight is 248 g/mol. The van der Waals surface area contributed by atoms with Crippen LogP contribution in [-0.4, -0.2) is 55.9 Å². The number of carbonyl (C=O) groups excluding carboxylic acids is 1. The molecule has 1 fully saturated rings. The number of hydrogen-bond donors (Lipinski definition) is 1. The molecule has 1 aliphatic rings. The zero-order valence-electron chi connectivity index (χ0n) is 10.1. The first kappa shape index (κ1) is 13.4. The van der Waals surface area contributed by atoms with Crippen molar-refractivity contribution in [2.45, 2.75) is 32.1 Å². The number of carbonyl (C=O) groups is 1. The van der Waals surface area contributed by atoms with Crippen LogP contribution in [0.5, 0.6) is 0 Å². The number of nitrogens with one attached hydrogen (secondary N) is 1. The van der Waals surface area contributed by atoms with Crippen molar-refractivity contribution in [3.63, 3.8) is 0 Å². The Hall–Kier alpha value is -0.620. The Kier molecular flexibility index (Phi) is 4.32. The monoisotopic (exact) mass is 248 g/mol. The van der Waals surface area contributed by atoms with Gasteiger partial charge in [0.15, 0.2) is 9.84 Å². The van der Waals surface area contributed by atoms with E-state index in [4.69, 9.17) is 0 Å². The summed E-state index contributed by atoms with van der Waals surface area (Å²) in [5.74, 6) is -0.641. The predicted octanol–water partition coefficient (Wildman–Crippen LogP) is -0.370. The highest BCUT2D eigenvalue weighted by Crippen LogP contribution is 2.07. The van der Waals surface area contributed by atoms with Gasteiger partial charge in [-0.15, -0.1) is 0 Å². The van der Waals surface area contributed by atoms with Crippen molar-refractivity contribution in [3.05, 3.63) is 0 Å². The third-order valence-corrected chi connectivity index (χ3v) is 4.95. The quantitative estimate of drug-likeness (QED) is 0.740. The standard InChI is InChI=1S/C10H20N2O3S/c1-8(2)16(14,15)7-10(13)12-5-4-11-6-9(12)3/h8-9,11H,4-7H2,1-3H3. The van der Waals surface area contributed by atoms with Crippen molar-refractivity contribution in [2.75, 3.05) is 25.4 Å². The van der Waals surface area contributed by atoms with E-state index in [0.717, 1.165) is 13.1 Å². The summed E-state index contributed by atoms with van der Waals surface area (Å²) in [4.78, 5) is 13.5.